The number of nitrogens with two attached hydrogens (primary N) is 1. The van der Waals surface area contributed by atoms with Gasteiger partial charge in [0.2, 0.25) is 15.9 Å². The lowest BCUT2D eigenvalue weighted by molar-refractivity contribution is -0.133. The highest BCUT2D eigenvalue weighted by Gasteiger charge is 2.26. The van der Waals surface area contributed by atoms with E-state index in [1.165, 1.54) is 6.07 Å². The Morgan fingerprint density at radius 3 is 2.52 bits per heavy atom. The fourth-order valence-corrected chi connectivity index (χ4v) is 3.90. The monoisotopic (exact) mass is 388 g/mol. The molecular formula is C20H24N2O4S. The van der Waals surface area contributed by atoms with Crippen molar-refractivity contribution in [3.63, 3.8) is 0 Å². The van der Waals surface area contributed by atoms with Gasteiger partial charge in [-0.25, -0.2) is 13.6 Å². The number of carbonyl (C=O) groups is 1. The van der Waals surface area contributed by atoms with Gasteiger partial charge in [0, 0.05) is 13.1 Å². The van der Waals surface area contributed by atoms with E-state index in [9.17, 15) is 13.2 Å². The van der Waals surface area contributed by atoms with E-state index in [0.29, 0.717) is 26.1 Å². The largest absolute Gasteiger partial charge is 0.494 e. The van der Waals surface area contributed by atoms with E-state index < -0.39 is 10.0 Å². The van der Waals surface area contributed by atoms with Crippen LogP contribution in [0.4, 0.5) is 0 Å². The van der Waals surface area contributed by atoms with Crippen LogP contribution in [0, 0.1) is 0 Å². The number of hydrogen-bond donors (Lipinski definition) is 1. The molecule has 1 heterocycles. The number of rotatable bonds is 5. The summed E-state index contributed by atoms with van der Waals surface area (Å²) in [7, 11) is -3.76. The Labute approximate surface area is 160 Å². The summed E-state index contributed by atoms with van der Waals surface area (Å²) in [5.41, 5.74) is 2.81. The van der Waals surface area contributed by atoms with Crippen molar-refractivity contribution in [1.29, 1.82) is 0 Å². The SMILES string of the molecule is CCOc1ccc(C(C)C(=O)N2CCc3ccc(S(N)(=O)=O)cc3C2)cc1. The van der Waals surface area contributed by atoms with Crippen LogP contribution in [-0.2, 0) is 27.8 Å². The molecule has 7 heteroatoms. The predicted molar refractivity (Wildman–Crippen MR) is 103 cm³/mol. The molecule has 6 nitrogen and oxygen atoms in total. The Morgan fingerprint density at radius 1 is 1.19 bits per heavy atom. The number of primary sulfonamides is 1. The third-order valence-corrected chi connectivity index (χ3v) is 5.80. The molecule has 0 bridgehead atoms. The molecule has 2 aromatic carbocycles. The lowest BCUT2D eigenvalue weighted by Crippen LogP contribution is -2.38. The lowest BCUT2D eigenvalue weighted by atomic mass is 9.95. The van der Waals surface area contributed by atoms with Crippen LogP contribution in [-0.4, -0.2) is 32.4 Å². The van der Waals surface area contributed by atoms with Gasteiger partial charge in [0.25, 0.3) is 0 Å². The zero-order valence-electron chi connectivity index (χ0n) is 15.5. The van der Waals surface area contributed by atoms with Gasteiger partial charge in [0.1, 0.15) is 5.75 Å². The molecule has 0 radical (unpaired) electrons. The molecule has 0 saturated carbocycles. The van der Waals surface area contributed by atoms with Crippen molar-refractivity contribution in [1.82, 2.24) is 4.90 Å². The molecule has 1 amide bonds. The molecule has 1 unspecified atom stereocenters. The number of ether oxygens (including phenoxy) is 1. The van der Waals surface area contributed by atoms with Crippen molar-refractivity contribution in [3.8, 4) is 5.75 Å². The first kappa shape index (κ1) is 19.4. The second-order valence-electron chi connectivity index (χ2n) is 6.71. The standard InChI is InChI=1S/C20H24N2O4S/c1-3-26-18-7-4-15(5-8-18)14(2)20(23)22-11-10-16-6-9-19(27(21,24)25)12-17(16)13-22/h4-9,12,14H,3,10-11,13H2,1-2H3,(H2,21,24,25). The summed E-state index contributed by atoms with van der Waals surface area (Å²) in [5, 5.41) is 5.22. The first-order chi connectivity index (χ1) is 12.8. The molecule has 0 spiro atoms. The van der Waals surface area contributed by atoms with E-state index in [-0.39, 0.29) is 16.7 Å². The quantitative estimate of drug-likeness (QED) is 0.852. The number of sulfonamides is 1. The van der Waals surface area contributed by atoms with Crippen molar-refractivity contribution in [2.45, 2.75) is 37.6 Å². The number of hydrogen-bond acceptors (Lipinski definition) is 4. The molecule has 27 heavy (non-hydrogen) atoms. The summed E-state index contributed by atoms with van der Waals surface area (Å²) in [6.45, 7) is 5.41. The maximum absolute atomic E-state index is 13.0. The number of nitrogens with zero attached hydrogens (tertiary/aromatic N) is 1. The van der Waals surface area contributed by atoms with Crippen LogP contribution < -0.4 is 9.88 Å². The Bertz CT molecular complexity index is 939. The van der Waals surface area contributed by atoms with Gasteiger partial charge in [-0.05, 0) is 61.2 Å². The minimum Gasteiger partial charge on any atom is -0.494 e. The van der Waals surface area contributed by atoms with E-state index in [1.54, 1.807) is 17.0 Å². The molecule has 0 aliphatic carbocycles. The molecule has 3 rings (SSSR count). The van der Waals surface area contributed by atoms with Gasteiger partial charge in [-0.2, -0.15) is 0 Å². The third-order valence-electron chi connectivity index (χ3n) is 4.89. The molecular weight excluding hydrogens is 364 g/mol. The summed E-state index contributed by atoms with van der Waals surface area (Å²) in [6.07, 6.45) is 0.696. The van der Waals surface area contributed by atoms with Gasteiger partial charge in [0.15, 0.2) is 0 Å². The molecule has 1 atom stereocenters. The van der Waals surface area contributed by atoms with Gasteiger partial charge in [0.05, 0.1) is 17.4 Å². The fraction of sp³-hybridized carbons (Fsp3) is 0.350. The Hall–Kier alpha value is -2.38. The molecule has 0 fully saturated rings. The first-order valence-electron chi connectivity index (χ1n) is 8.95. The summed E-state index contributed by atoms with van der Waals surface area (Å²) in [5.74, 6) is 0.512. The predicted octanol–water partition coefficient (Wildman–Crippen LogP) is 2.42. The Morgan fingerprint density at radius 2 is 1.89 bits per heavy atom. The summed E-state index contributed by atoms with van der Waals surface area (Å²) in [6, 6.07) is 12.4. The van der Waals surface area contributed by atoms with Crippen molar-refractivity contribution in [2.24, 2.45) is 5.14 Å². The maximum Gasteiger partial charge on any atom is 0.238 e. The average Bonchev–Trinajstić information content (AvgIpc) is 2.66. The molecule has 1 aliphatic heterocycles. The van der Waals surface area contributed by atoms with E-state index in [2.05, 4.69) is 0 Å². The van der Waals surface area contributed by atoms with Gasteiger partial charge >= 0.3 is 0 Å². The minimum absolute atomic E-state index is 0.0193. The van der Waals surface area contributed by atoms with Crippen molar-refractivity contribution in [3.05, 3.63) is 59.2 Å². The second-order valence-corrected chi connectivity index (χ2v) is 8.27. The minimum atomic E-state index is -3.76. The average molecular weight is 388 g/mol. The lowest BCUT2D eigenvalue weighted by Gasteiger charge is -2.31. The molecule has 1 aliphatic rings. The summed E-state index contributed by atoms with van der Waals surface area (Å²) < 4.78 is 28.6. The van der Waals surface area contributed by atoms with E-state index in [4.69, 9.17) is 9.88 Å². The number of fused-ring (bicyclic) bond motifs is 1. The van der Waals surface area contributed by atoms with Crippen LogP contribution in [0.25, 0.3) is 0 Å². The zero-order valence-corrected chi connectivity index (χ0v) is 16.3. The second kappa shape index (κ2) is 7.70. The van der Waals surface area contributed by atoms with Crippen LogP contribution in [0.1, 0.15) is 36.5 Å². The summed E-state index contributed by atoms with van der Waals surface area (Å²) >= 11 is 0. The first-order valence-corrected chi connectivity index (χ1v) is 10.5. The number of benzene rings is 2. The smallest absolute Gasteiger partial charge is 0.238 e. The highest BCUT2D eigenvalue weighted by atomic mass is 32.2. The van der Waals surface area contributed by atoms with Crippen LogP contribution in [0.5, 0.6) is 5.75 Å². The topological polar surface area (TPSA) is 89.7 Å². The number of carbonyl (C=O) groups excluding carboxylic acids is 1. The molecule has 2 N–H and O–H groups in total. The van der Waals surface area contributed by atoms with E-state index in [1.807, 2.05) is 38.1 Å². The van der Waals surface area contributed by atoms with Gasteiger partial charge in [-0.3, -0.25) is 4.79 Å². The normalized spacial score (nSPS) is 15.1. The Kier molecular flexibility index (Phi) is 5.53. The fourth-order valence-electron chi connectivity index (χ4n) is 3.33. The zero-order chi connectivity index (χ0) is 19.6. The van der Waals surface area contributed by atoms with Crippen LogP contribution in [0.2, 0.25) is 0 Å². The summed E-state index contributed by atoms with van der Waals surface area (Å²) in [4.78, 5) is 14.8. The number of amides is 1. The van der Waals surface area contributed by atoms with Crippen molar-refractivity contribution in [2.75, 3.05) is 13.2 Å². The molecule has 2 aromatic rings. The van der Waals surface area contributed by atoms with Crippen LogP contribution in [0.15, 0.2) is 47.4 Å². The van der Waals surface area contributed by atoms with Crippen molar-refractivity contribution < 1.29 is 17.9 Å². The highest BCUT2D eigenvalue weighted by molar-refractivity contribution is 7.89. The highest BCUT2D eigenvalue weighted by Crippen LogP contribution is 2.26. The van der Waals surface area contributed by atoms with Crippen molar-refractivity contribution >= 4 is 15.9 Å². The maximum atomic E-state index is 13.0. The van der Waals surface area contributed by atoms with E-state index in [0.717, 1.165) is 22.4 Å². The van der Waals surface area contributed by atoms with Crippen LogP contribution in [0.3, 0.4) is 0 Å². The molecule has 0 saturated heterocycles. The third kappa shape index (κ3) is 4.31. The molecule has 144 valence electrons. The molecule has 0 aromatic heterocycles. The van der Waals surface area contributed by atoms with Gasteiger partial charge < -0.3 is 9.64 Å². The van der Waals surface area contributed by atoms with E-state index >= 15 is 0 Å². The van der Waals surface area contributed by atoms with Crippen LogP contribution >= 0.6 is 0 Å². The van der Waals surface area contributed by atoms with Gasteiger partial charge in [-0.1, -0.05) is 18.2 Å². The van der Waals surface area contributed by atoms with Gasteiger partial charge in [-0.15, -0.1) is 0 Å². The Balaban J connectivity index is 1.76.